The van der Waals surface area contributed by atoms with Crippen LogP contribution in [0.5, 0.6) is 0 Å². The number of hydrogen-bond donors (Lipinski definition) is 1. The van der Waals surface area contributed by atoms with Gasteiger partial charge in [-0.15, -0.1) is 0 Å². The van der Waals surface area contributed by atoms with Gasteiger partial charge in [0.2, 0.25) is 5.91 Å². The molecule has 1 unspecified atom stereocenters. The Bertz CT molecular complexity index is 618. The van der Waals surface area contributed by atoms with E-state index in [1.165, 1.54) is 16.7 Å². The van der Waals surface area contributed by atoms with Crippen LogP contribution in [-0.2, 0) is 11.3 Å². The molecular formula is C21H32N2O2. The maximum atomic E-state index is 12.1. The quantitative estimate of drug-likeness (QED) is 0.913. The Morgan fingerprint density at radius 1 is 1.20 bits per heavy atom. The van der Waals surface area contributed by atoms with E-state index in [2.05, 4.69) is 36.9 Å². The number of carbonyl (C=O) groups excluding carboxylic acids is 1. The Balaban J connectivity index is 1.58. The van der Waals surface area contributed by atoms with Crippen LogP contribution in [0.3, 0.4) is 0 Å². The molecule has 1 atom stereocenters. The highest BCUT2D eigenvalue weighted by Crippen LogP contribution is 2.40. The van der Waals surface area contributed by atoms with Crippen LogP contribution in [0.1, 0.15) is 49.3 Å². The number of aliphatic hydroxyl groups excluding tert-OH is 1. The van der Waals surface area contributed by atoms with Crippen molar-refractivity contribution in [2.45, 2.75) is 59.1 Å². The fourth-order valence-electron chi connectivity index (χ4n) is 4.45. The first-order chi connectivity index (χ1) is 11.9. The van der Waals surface area contributed by atoms with E-state index in [0.717, 1.165) is 45.4 Å². The van der Waals surface area contributed by atoms with Gasteiger partial charge in [-0.3, -0.25) is 9.69 Å². The Labute approximate surface area is 151 Å². The van der Waals surface area contributed by atoms with E-state index in [1.54, 1.807) is 6.92 Å². The lowest BCUT2D eigenvalue weighted by Crippen LogP contribution is -2.52. The van der Waals surface area contributed by atoms with E-state index in [9.17, 15) is 9.90 Å². The number of carbonyl (C=O) groups is 1. The topological polar surface area (TPSA) is 43.8 Å². The number of nitrogens with zero attached hydrogens (tertiary/aromatic N) is 2. The van der Waals surface area contributed by atoms with Gasteiger partial charge in [-0.2, -0.15) is 0 Å². The number of aryl methyl sites for hydroxylation is 2. The maximum Gasteiger partial charge on any atom is 0.222 e. The van der Waals surface area contributed by atoms with Crippen molar-refractivity contribution >= 4 is 5.91 Å². The summed E-state index contributed by atoms with van der Waals surface area (Å²) in [7, 11) is 0. The van der Waals surface area contributed by atoms with Crippen LogP contribution in [0.2, 0.25) is 0 Å². The summed E-state index contributed by atoms with van der Waals surface area (Å²) in [6.07, 6.45) is 3.52. The fraction of sp³-hybridized carbons (Fsp3) is 0.667. The molecule has 2 heterocycles. The van der Waals surface area contributed by atoms with Crippen molar-refractivity contribution in [2.24, 2.45) is 5.41 Å². The molecule has 1 aromatic carbocycles. The summed E-state index contributed by atoms with van der Waals surface area (Å²) in [6.45, 7) is 10.6. The molecule has 138 valence electrons. The van der Waals surface area contributed by atoms with E-state index in [4.69, 9.17) is 0 Å². The highest BCUT2D eigenvalue weighted by atomic mass is 16.3. The number of likely N-dealkylation sites (tertiary alicyclic amines) is 2. The molecular weight excluding hydrogens is 312 g/mol. The second-order valence-electron chi connectivity index (χ2n) is 8.33. The van der Waals surface area contributed by atoms with Gasteiger partial charge in [0.1, 0.15) is 0 Å². The monoisotopic (exact) mass is 344 g/mol. The number of rotatable bonds is 4. The zero-order valence-electron chi connectivity index (χ0n) is 15.9. The lowest BCUT2D eigenvalue weighted by atomic mass is 9.72. The molecule has 4 heteroatoms. The van der Waals surface area contributed by atoms with Crippen molar-refractivity contribution in [3.8, 4) is 0 Å². The predicted octanol–water partition coefficient (Wildman–Crippen LogP) is 2.89. The summed E-state index contributed by atoms with van der Waals surface area (Å²) in [5.41, 5.74) is 4.40. The van der Waals surface area contributed by atoms with Gasteiger partial charge in [0.05, 0.1) is 6.10 Å². The van der Waals surface area contributed by atoms with E-state index in [1.807, 2.05) is 4.90 Å². The van der Waals surface area contributed by atoms with E-state index in [0.29, 0.717) is 13.0 Å². The van der Waals surface area contributed by atoms with E-state index in [-0.39, 0.29) is 11.3 Å². The second-order valence-corrected chi connectivity index (χ2v) is 8.33. The molecule has 3 rings (SSSR count). The molecule has 2 aliphatic heterocycles. The van der Waals surface area contributed by atoms with Crippen LogP contribution in [0, 0.1) is 19.3 Å². The summed E-state index contributed by atoms with van der Waals surface area (Å²) >= 11 is 0. The third kappa shape index (κ3) is 4.42. The largest absolute Gasteiger partial charge is 0.392 e. The fourth-order valence-corrected chi connectivity index (χ4v) is 4.45. The summed E-state index contributed by atoms with van der Waals surface area (Å²) < 4.78 is 0. The minimum Gasteiger partial charge on any atom is -0.392 e. The minimum atomic E-state index is -0.441. The van der Waals surface area contributed by atoms with E-state index >= 15 is 0 Å². The van der Waals surface area contributed by atoms with E-state index < -0.39 is 6.10 Å². The summed E-state index contributed by atoms with van der Waals surface area (Å²) in [5.74, 6) is 0.212. The zero-order valence-corrected chi connectivity index (χ0v) is 15.9. The molecule has 2 aliphatic rings. The SMILES string of the molecule is Cc1ccc(CN2CCC3(CCC(=O)N(CC(C)O)C3)CC2)c(C)c1. The van der Waals surface area contributed by atoms with Crippen LogP contribution in [0.25, 0.3) is 0 Å². The second kappa shape index (κ2) is 7.46. The molecule has 2 saturated heterocycles. The van der Waals surface area contributed by atoms with Crippen LogP contribution in [-0.4, -0.2) is 53.1 Å². The standard InChI is InChI=1S/C21H32N2O2/c1-16-4-5-19(17(2)12-16)14-22-10-8-21(9-11-22)7-6-20(25)23(15-21)13-18(3)24/h4-5,12,18,24H,6-11,13-15H2,1-3H3. The molecule has 0 aromatic heterocycles. The molecule has 0 bridgehead atoms. The smallest absolute Gasteiger partial charge is 0.222 e. The van der Waals surface area contributed by atoms with Gasteiger partial charge in [0.25, 0.3) is 0 Å². The number of amides is 1. The summed E-state index contributed by atoms with van der Waals surface area (Å²) in [6, 6.07) is 6.73. The van der Waals surface area contributed by atoms with Crippen molar-refractivity contribution in [2.75, 3.05) is 26.2 Å². The Hall–Kier alpha value is -1.39. The van der Waals surface area contributed by atoms with Crippen LogP contribution < -0.4 is 0 Å². The molecule has 0 radical (unpaired) electrons. The molecule has 25 heavy (non-hydrogen) atoms. The number of benzene rings is 1. The lowest BCUT2D eigenvalue weighted by Gasteiger charge is -2.47. The van der Waals surface area contributed by atoms with Crippen molar-refractivity contribution in [3.63, 3.8) is 0 Å². The Kier molecular flexibility index (Phi) is 5.49. The molecule has 1 amide bonds. The van der Waals surface area contributed by atoms with Crippen LogP contribution in [0.4, 0.5) is 0 Å². The number of hydrogen-bond acceptors (Lipinski definition) is 3. The molecule has 0 aliphatic carbocycles. The van der Waals surface area contributed by atoms with Crippen LogP contribution >= 0.6 is 0 Å². The van der Waals surface area contributed by atoms with Gasteiger partial charge in [0, 0.05) is 26.1 Å². The third-order valence-corrected chi connectivity index (χ3v) is 6.04. The number of β-amino-alcohol motifs (C(OH)–C–C–N with tert-alkyl or cyclic N) is 1. The maximum absolute atomic E-state index is 12.1. The summed E-state index contributed by atoms with van der Waals surface area (Å²) in [4.78, 5) is 16.6. The molecule has 1 spiro atoms. The number of aliphatic hydroxyl groups is 1. The first-order valence-corrected chi connectivity index (χ1v) is 9.61. The number of piperidine rings is 2. The average Bonchev–Trinajstić information content (AvgIpc) is 2.55. The van der Waals surface area contributed by atoms with Crippen molar-refractivity contribution in [1.29, 1.82) is 0 Å². The third-order valence-electron chi connectivity index (χ3n) is 6.04. The van der Waals surface area contributed by atoms with Gasteiger partial charge >= 0.3 is 0 Å². The summed E-state index contributed by atoms with van der Waals surface area (Å²) in [5, 5.41) is 9.66. The lowest BCUT2D eigenvalue weighted by molar-refractivity contribution is -0.140. The van der Waals surface area contributed by atoms with Gasteiger partial charge in [-0.25, -0.2) is 0 Å². The van der Waals surface area contributed by atoms with Crippen molar-refractivity contribution < 1.29 is 9.90 Å². The van der Waals surface area contributed by atoms with Gasteiger partial charge in [-0.1, -0.05) is 23.8 Å². The van der Waals surface area contributed by atoms with Gasteiger partial charge < -0.3 is 10.0 Å². The van der Waals surface area contributed by atoms with Crippen molar-refractivity contribution in [3.05, 3.63) is 34.9 Å². The minimum absolute atomic E-state index is 0.212. The Morgan fingerprint density at radius 2 is 1.92 bits per heavy atom. The molecule has 1 aromatic rings. The van der Waals surface area contributed by atoms with Crippen molar-refractivity contribution in [1.82, 2.24) is 9.80 Å². The highest BCUT2D eigenvalue weighted by molar-refractivity contribution is 5.77. The molecule has 1 N–H and O–H groups in total. The first-order valence-electron chi connectivity index (χ1n) is 9.61. The van der Waals surface area contributed by atoms with Gasteiger partial charge in [0.15, 0.2) is 0 Å². The molecule has 0 saturated carbocycles. The molecule has 4 nitrogen and oxygen atoms in total. The normalized spacial score (nSPS) is 22.4. The Morgan fingerprint density at radius 3 is 2.56 bits per heavy atom. The van der Waals surface area contributed by atoms with Gasteiger partial charge in [-0.05, 0) is 69.7 Å². The highest BCUT2D eigenvalue weighted by Gasteiger charge is 2.41. The average molecular weight is 344 g/mol. The van der Waals surface area contributed by atoms with Crippen LogP contribution in [0.15, 0.2) is 18.2 Å². The molecule has 2 fully saturated rings. The first kappa shape index (κ1) is 18.4. The predicted molar refractivity (Wildman–Crippen MR) is 100 cm³/mol. The zero-order chi connectivity index (χ0) is 18.0.